The first-order chi connectivity index (χ1) is 10.2. The molecule has 0 radical (unpaired) electrons. The Labute approximate surface area is 121 Å². The number of hydrogen-bond acceptors (Lipinski definition) is 3. The first-order valence-electron chi connectivity index (χ1n) is 6.48. The van der Waals surface area contributed by atoms with Crippen LogP contribution in [0.15, 0.2) is 48.8 Å². The van der Waals surface area contributed by atoms with E-state index >= 15 is 0 Å². The predicted molar refractivity (Wildman–Crippen MR) is 78.7 cm³/mol. The molecule has 5 heteroatoms. The first kappa shape index (κ1) is 13.3. The lowest BCUT2D eigenvalue weighted by atomic mass is 10.1. The van der Waals surface area contributed by atoms with Gasteiger partial charge in [0.25, 0.3) is 0 Å². The summed E-state index contributed by atoms with van der Waals surface area (Å²) in [5.74, 6) is -0.949. The number of rotatable bonds is 4. The number of imidazole rings is 1. The van der Waals surface area contributed by atoms with Crippen LogP contribution in [0.2, 0.25) is 0 Å². The highest BCUT2D eigenvalue weighted by Gasteiger charge is 2.11. The third kappa shape index (κ3) is 2.39. The Morgan fingerprint density at radius 1 is 1.29 bits per heavy atom. The maximum atomic E-state index is 11.1. The van der Waals surface area contributed by atoms with Crippen LogP contribution in [-0.4, -0.2) is 27.7 Å². The molecule has 1 heterocycles. The lowest BCUT2D eigenvalue weighted by molar-refractivity contribution is 0.0697. The summed E-state index contributed by atoms with van der Waals surface area (Å²) in [4.78, 5) is 15.5. The molecule has 0 atom stereocenters. The van der Waals surface area contributed by atoms with E-state index in [1.54, 1.807) is 31.6 Å². The second-order valence-electron chi connectivity index (χ2n) is 4.68. The molecule has 0 saturated carbocycles. The van der Waals surface area contributed by atoms with Crippen LogP contribution in [0.3, 0.4) is 0 Å². The number of carboxylic acids is 1. The Kier molecular flexibility index (Phi) is 3.41. The zero-order valence-electron chi connectivity index (χ0n) is 11.5. The van der Waals surface area contributed by atoms with Gasteiger partial charge in [-0.2, -0.15) is 0 Å². The topological polar surface area (TPSA) is 64.4 Å². The van der Waals surface area contributed by atoms with Crippen molar-refractivity contribution in [3.63, 3.8) is 0 Å². The molecule has 0 aliphatic rings. The monoisotopic (exact) mass is 282 g/mol. The second kappa shape index (κ2) is 5.38. The van der Waals surface area contributed by atoms with E-state index < -0.39 is 5.97 Å². The summed E-state index contributed by atoms with van der Waals surface area (Å²) in [6, 6.07) is 12.7. The molecule has 5 nitrogen and oxygen atoms in total. The average molecular weight is 282 g/mol. The van der Waals surface area contributed by atoms with E-state index in [1.807, 2.05) is 28.8 Å². The average Bonchev–Trinajstić information content (AvgIpc) is 2.91. The van der Waals surface area contributed by atoms with Gasteiger partial charge in [-0.1, -0.05) is 18.2 Å². The van der Waals surface area contributed by atoms with Crippen molar-refractivity contribution in [1.82, 2.24) is 9.55 Å². The molecule has 0 fully saturated rings. The van der Waals surface area contributed by atoms with Gasteiger partial charge in [0.15, 0.2) is 0 Å². The number of carboxylic acid groups (broad SMARTS) is 1. The zero-order valence-corrected chi connectivity index (χ0v) is 11.5. The van der Waals surface area contributed by atoms with Crippen molar-refractivity contribution in [2.75, 3.05) is 7.11 Å². The summed E-state index contributed by atoms with van der Waals surface area (Å²) in [6.45, 7) is 0.481. The van der Waals surface area contributed by atoms with Crippen molar-refractivity contribution >= 4 is 17.0 Å². The number of nitrogens with zero attached hydrogens (tertiary/aromatic N) is 2. The fourth-order valence-electron chi connectivity index (χ4n) is 2.36. The third-order valence-electron chi connectivity index (χ3n) is 3.35. The molecule has 0 aliphatic heterocycles. The van der Waals surface area contributed by atoms with Gasteiger partial charge in [0, 0.05) is 12.7 Å². The summed E-state index contributed by atoms with van der Waals surface area (Å²) in [5, 5.41) is 9.13. The van der Waals surface area contributed by atoms with Crippen molar-refractivity contribution < 1.29 is 14.6 Å². The molecule has 21 heavy (non-hydrogen) atoms. The van der Waals surface area contributed by atoms with Gasteiger partial charge in [0.05, 0.1) is 28.9 Å². The van der Waals surface area contributed by atoms with Gasteiger partial charge < -0.3 is 9.84 Å². The Morgan fingerprint density at radius 2 is 2.10 bits per heavy atom. The van der Waals surface area contributed by atoms with Gasteiger partial charge in [-0.25, -0.2) is 9.78 Å². The highest BCUT2D eigenvalue weighted by molar-refractivity contribution is 5.92. The standard InChI is InChI=1S/C16H14N2O3/c1-21-9-12-4-2-3-5-14(12)18-10-17-13-7-6-11(16(19)20)8-15(13)18/h2-8,10H,9H2,1H3,(H,19,20). The molecular formula is C16H14N2O3. The second-order valence-corrected chi connectivity index (χ2v) is 4.68. The SMILES string of the molecule is COCc1ccccc1-n1cnc2ccc(C(=O)O)cc21. The number of para-hydroxylation sites is 1. The van der Waals surface area contributed by atoms with Gasteiger partial charge in [0.2, 0.25) is 0 Å². The minimum Gasteiger partial charge on any atom is -0.478 e. The largest absolute Gasteiger partial charge is 0.478 e. The third-order valence-corrected chi connectivity index (χ3v) is 3.35. The van der Waals surface area contributed by atoms with Crippen LogP contribution < -0.4 is 0 Å². The van der Waals surface area contributed by atoms with Crippen LogP contribution in [0.25, 0.3) is 16.7 Å². The molecule has 3 aromatic rings. The van der Waals surface area contributed by atoms with E-state index in [-0.39, 0.29) is 5.56 Å². The smallest absolute Gasteiger partial charge is 0.335 e. The van der Waals surface area contributed by atoms with E-state index in [0.717, 1.165) is 22.3 Å². The van der Waals surface area contributed by atoms with Crippen LogP contribution in [0.1, 0.15) is 15.9 Å². The van der Waals surface area contributed by atoms with Crippen LogP contribution in [0, 0.1) is 0 Å². The summed E-state index contributed by atoms with van der Waals surface area (Å²) in [7, 11) is 1.64. The van der Waals surface area contributed by atoms with Gasteiger partial charge in [-0.05, 0) is 24.3 Å². The van der Waals surface area contributed by atoms with Crippen molar-refractivity contribution in [3.8, 4) is 5.69 Å². The van der Waals surface area contributed by atoms with Crippen molar-refractivity contribution in [1.29, 1.82) is 0 Å². The van der Waals surface area contributed by atoms with Crippen LogP contribution in [0.5, 0.6) is 0 Å². The molecule has 2 aromatic carbocycles. The molecule has 0 amide bonds. The fourth-order valence-corrected chi connectivity index (χ4v) is 2.36. The van der Waals surface area contributed by atoms with E-state index in [9.17, 15) is 4.79 Å². The summed E-state index contributed by atoms with van der Waals surface area (Å²) >= 11 is 0. The van der Waals surface area contributed by atoms with E-state index in [2.05, 4.69) is 4.98 Å². The van der Waals surface area contributed by atoms with Crippen LogP contribution in [0.4, 0.5) is 0 Å². The normalized spacial score (nSPS) is 10.9. The Bertz CT molecular complexity index is 808. The highest BCUT2D eigenvalue weighted by Crippen LogP contribution is 2.22. The Hall–Kier alpha value is -2.66. The molecule has 0 bridgehead atoms. The molecule has 0 unspecified atom stereocenters. The van der Waals surface area contributed by atoms with Crippen LogP contribution >= 0.6 is 0 Å². The summed E-state index contributed by atoms with van der Waals surface area (Å²) < 4.78 is 7.10. The molecule has 1 N–H and O–H groups in total. The minimum absolute atomic E-state index is 0.244. The van der Waals surface area contributed by atoms with E-state index in [4.69, 9.17) is 9.84 Å². The van der Waals surface area contributed by atoms with E-state index in [0.29, 0.717) is 6.61 Å². The molecule has 106 valence electrons. The number of hydrogen-bond donors (Lipinski definition) is 1. The first-order valence-corrected chi connectivity index (χ1v) is 6.48. The predicted octanol–water partition coefficient (Wildman–Crippen LogP) is 2.87. The summed E-state index contributed by atoms with van der Waals surface area (Å²) in [5.41, 5.74) is 3.71. The molecule has 0 spiro atoms. The van der Waals surface area contributed by atoms with Gasteiger partial charge in [-0.15, -0.1) is 0 Å². The maximum Gasteiger partial charge on any atom is 0.335 e. The summed E-state index contributed by atoms with van der Waals surface area (Å²) in [6.07, 6.45) is 1.70. The van der Waals surface area contributed by atoms with Gasteiger partial charge >= 0.3 is 5.97 Å². The number of benzene rings is 2. The molecule has 0 saturated heterocycles. The van der Waals surface area contributed by atoms with Crippen molar-refractivity contribution in [3.05, 3.63) is 59.9 Å². The van der Waals surface area contributed by atoms with Crippen molar-refractivity contribution in [2.45, 2.75) is 6.61 Å². The lowest BCUT2D eigenvalue weighted by Crippen LogP contribution is -2.01. The number of ether oxygens (including phenoxy) is 1. The van der Waals surface area contributed by atoms with Crippen LogP contribution in [-0.2, 0) is 11.3 Å². The molecule has 1 aromatic heterocycles. The maximum absolute atomic E-state index is 11.1. The number of carbonyl (C=O) groups is 1. The Morgan fingerprint density at radius 3 is 2.86 bits per heavy atom. The molecule has 3 rings (SSSR count). The molecular weight excluding hydrogens is 268 g/mol. The highest BCUT2D eigenvalue weighted by atomic mass is 16.5. The number of methoxy groups -OCH3 is 1. The molecule has 0 aliphatic carbocycles. The number of aromatic nitrogens is 2. The van der Waals surface area contributed by atoms with Gasteiger partial charge in [-0.3, -0.25) is 4.57 Å². The van der Waals surface area contributed by atoms with E-state index in [1.165, 1.54) is 0 Å². The number of aromatic carboxylic acids is 1. The minimum atomic E-state index is -0.949. The van der Waals surface area contributed by atoms with Crippen molar-refractivity contribution in [2.24, 2.45) is 0 Å². The fraction of sp³-hybridized carbons (Fsp3) is 0.125. The lowest BCUT2D eigenvalue weighted by Gasteiger charge is -2.10. The quantitative estimate of drug-likeness (QED) is 0.799. The number of fused-ring (bicyclic) bond motifs is 1. The Balaban J connectivity index is 2.21. The zero-order chi connectivity index (χ0) is 14.8. The van der Waals surface area contributed by atoms with Gasteiger partial charge in [0.1, 0.15) is 6.33 Å².